The molecule has 1 nitrogen and oxygen atoms in total. The zero-order valence-corrected chi connectivity index (χ0v) is 17.2. The normalized spacial score (nSPS) is 45.4. The minimum absolute atomic E-state index is 0.00797. The molecule has 0 aromatic heterocycles. The number of unbranched alkanes of at least 4 members (excludes halogenated alkanes) is 1. The number of rotatable bonds is 7. The second-order valence-electron chi connectivity index (χ2n) is 9.48. The van der Waals surface area contributed by atoms with Crippen LogP contribution in [-0.4, -0.2) is 31.2 Å². The van der Waals surface area contributed by atoms with E-state index in [0.29, 0.717) is 25.4 Å². The summed E-state index contributed by atoms with van der Waals surface area (Å²) >= 11 is 0. The molecular weight excluding hydrogens is 349 g/mol. The van der Waals surface area contributed by atoms with Gasteiger partial charge in [-0.3, -0.25) is 0 Å². The molecule has 0 aromatic rings. The smallest absolute Gasteiger partial charge is 0.137 e. The van der Waals surface area contributed by atoms with E-state index in [1.54, 1.807) is 0 Å². The van der Waals surface area contributed by atoms with Gasteiger partial charge in [0.15, 0.2) is 0 Å². The van der Waals surface area contributed by atoms with Crippen molar-refractivity contribution in [3.63, 3.8) is 0 Å². The summed E-state index contributed by atoms with van der Waals surface area (Å²) in [5.74, 6) is 0.0599. The number of alkyl halides is 3. The molecule has 0 saturated heterocycles. The summed E-state index contributed by atoms with van der Waals surface area (Å²) < 4.78 is 50.8. The minimum atomic E-state index is -1.66. The van der Waals surface area contributed by atoms with Crippen LogP contribution in [0.5, 0.6) is 0 Å². The second-order valence-corrected chi connectivity index (χ2v) is 9.48. The van der Waals surface area contributed by atoms with Crippen molar-refractivity contribution in [1.29, 1.82) is 0 Å². The Morgan fingerprint density at radius 3 is 2.15 bits per heavy atom. The highest BCUT2D eigenvalue weighted by Crippen LogP contribution is 2.51. The first-order chi connectivity index (χ1) is 13.1. The van der Waals surface area contributed by atoms with Crippen molar-refractivity contribution in [2.24, 2.45) is 29.6 Å². The van der Waals surface area contributed by atoms with Crippen molar-refractivity contribution in [3.8, 4) is 0 Å². The first kappa shape index (κ1) is 21.5. The van der Waals surface area contributed by atoms with Crippen molar-refractivity contribution in [3.05, 3.63) is 0 Å². The lowest BCUT2D eigenvalue weighted by atomic mass is 9.60. The van der Waals surface area contributed by atoms with Gasteiger partial charge in [-0.1, -0.05) is 46.0 Å². The Hall–Kier alpha value is -0.250. The quantitative estimate of drug-likeness (QED) is 0.434. The molecule has 3 aliphatic rings. The first-order valence-electron chi connectivity index (χ1n) is 11.6. The monoisotopic (exact) mass is 388 g/mol. The van der Waals surface area contributed by atoms with E-state index >= 15 is 13.2 Å². The Bertz CT molecular complexity index is 435. The third-order valence-electron chi connectivity index (χ3n) is 7.77. The highest BCUT2D eigenvalue weighted by Gasteiger charge is 2.54. The molecule has 3 aliphatic carbocycles. The third-order valence-corrected chi connectivity index (χ3v) is 7.77. The summed E-state index contributed by atoms with van der Waals surface area (Å²) in [6.07, 6.45) is 5.82. The fourth-order valence-corrected chi connectivity index (χ4v) is 6.20. The van der Waals surface area contributed by atoms with Crippen LogP contribution in [0.2, 0.25) is 0 Å². The average Bonchev–Trinajstić information content (AvgIpc) is 2.67. The predicted molar refractivity (Wildman–Crippen MR) is 104 cm³/mol. The summed E-state index contributed by atoms with van der Waals surface area (Å²) in [6.45, 7) is 4.81. The Kier molecular flexibility index (Phi) is 7.93. The van der Waals surface area contributed by atoms with Crippen molar-refractivity contribution in [2.75, 3.05) is 6.61 Å². The van der Waals surface area contributed by atoms with Gasteiger partial charge in [0.05, 0.1) is 6.10 Å². The SMILES string of the molecule is CCCCOC1CCC2CC(C3CCC(CCC)CC3)C(F)C(F)C2C1F. The van der Waals surface area contributed by atoms with Gasteiger partial charge in [-0.25, -0.2) is 13.2 Å². The Morgan fingerprint density at radius 2 is 1.48 bits per heavy atom. The molecule has 3 rings (SSSR count). The van der Waals surface area contributed by atoms with Crippen molar-refractivity contribution >= 4 is 0 Å². The molecule has 0 radical (unpaired) electrons. The van der Waals surface area contributed by atoms with Crippen LogP contribution in [-0.2, 0) is 4.74 Å². The lowest BCUT2D eigenvalue weighted by molar-refractivity contribution is -0.132. The molecule has 3 saturated carbocycles. The predicted octanol–water partition coefficient (Wildman–Crippen LogP) is 6.84. The molecule has 0 heterocycles. The van der Waals surface area contributed by atoms with Gasteiger partial charge >= 0.3 is 0 Å². The fraction of sp³-hybridized carbons (Fsp3) is 1.00. The fourth-order valence-electron chi connectivity index (χ4n) is 6.20. The summed E-state index contributed by atoms with van der Waals surface area (Å²) in [5, 5.41) is 0. The van der Waals surface area contributed by atoms with E-state index in [-0.39, 0.29) is 11.8 Å². The standard InChI is InChI=1S/C23H39F3O/c1-3-5-13-27-19-12-11-17-14-18(21(24)23(26)20(17)22(19)25)16-9-7-15(6-4-2)8-10-16/h15-23H,3-14H2,1-2H3. The van der Waals surface area contributed by atoms with Crippen LogP contribution in [0.25, 0.3) is 0 Å². The molecule has 7 unspecified atom stereocenters. The van der Waals surface area contributed by atoms with E-state index in [1.807, 2.05) is 0 Å². The van der Waals surface area contributed by atoms with Gasteiger partial charge in [0.25, 0.3) is 0 Å². The Morgan fingerprint density at radius 1 is 0.778 bits per heavy atom. The van der Waals surface area contributed by atoms with Crippen LogP contribution in [0, 0.1) is 29.6 Å². The number of halogens is 3. The van der Waals surface area contributed by atoms with E-state index in [1.165, 1.54) is 12.8 Å². The van der Waals surface area contributed by atoms with Crippen molar-refractivity contribution in [2.45, 2.75) is 109 Å². The van der Waals surface area contributed by atoms with Crippen molar-refractivity contribution < 1.29 is 17.9 Å². The van der Waals surface area contributed by atoms with Crippen LogP contribution < -0.4 is 0 Å². The minimum Gasteiger partial charge on any atom is -0.375 e. The summed E-state index contributed by atoms with van der Waals surface area (Å²) in [6, 6.07) is 0. The van der Waals surface area contributed by atoms with Gasteiger partial charge in [-0.05, 0) is 62.2 Å². The molecule has 0 N–H and O–H groups in total. The van der Waals surface area contributed by atoms with Crippen LogP contribution in [0.1, 0.15) is 84.5 Å². The average molecular weight is 389 g/mol. The van der Waals surface area contributed by atoms with E-state index < -0.39 is 30.5 Å². The molecule has 27 heavy (non-hydrogen) atoms. The van der Waals surface area contributed by atoms with E-state index in [4.69, 9.17) is 4.74 Å². The summed E-state index contributed by atoms with van der Waals surface area (Å²) in [5.41, 5.74) is 0. The van der Waals surface area contributed by atoms with Crippen molar-refractivity contribution in [1.82, 2.24) is 0 Å². The molecule has 0 aromatic carbocycles. The van der Waals surface area contributed by atoms with Crippen LogP contribution >= 0.6 is 0 Å². The number of fused-ring (bicyclic) bond motifs is 1. The zero-order chi connectivity index (χ0) is 19.4. The molecule has 4 heteroatoms. The summed E-state index contributed by atoms with van der Waals surface area (Å²) in [7, 11) is 0. The summed E-state index contributed by atoms with van der Waals surface area (Å²) in [4.78, 5) is 0. The second kappa shape index (κ2) is 9.98. The van der Waals surface area contributed by atoms with E-state index in [9.17, 15) is 0 Å². The molecule has 0 bridgehead atoms. The van der Waals surface area contributed by atoms with Gasteiger partial charge in [-0.2, -0.15) is 0 Å². The maximum absolute atomic E-state index is 15.1. The molecule has 0 spiro atoms. The van der Waals surface area contributed by atoms with Crippen LogP contribution in [0.15, 0.2) is 0 Å². The van der Waals surface area contributed by atoms with Crippen LogP contribution in [0.3, 0.4) is 0 Å². The topological polar surface area (TPSA) is 9.23 Å². The third kappa shape index (κ3) is 4.85. The number of hydrogen-bond donors (Lipinski definition) is 0. The van der Waals surface area contributed by atoms with Crippen LogP contribution in [0.4, 0.5) is 13.2 Å². The number of ether oxygens (including phenoxy) is 1. The number of hydrogen-bond acceptors (Lipinski definition) is 1. The maximum atomic E-state index is 15.1. The molecular formula is C23H39F3O. The maximum Gasteiger partial charge on any atom is 0.137 e. The van der Waals surface area contributed by atoms with E-state index in [2.05, 4.69) is 13.8 Å². The highest BCUT2D eigenvalue weighted by molar-refractivity contribution is 5.02. The lowest BCUT2D eigenvalue weighted by Gasteiger charge is -2.49. The Balaban J connectivity index is 1.58. The molecule has 0 amide bonds. The molecule has 3 fully saturated rings. The lowest BCUT2D eigenvalue weighted by Crippen LogP contribution is -2.54. The van der Waals surface area contributed by atoms with Gasteiger partial charge < -0.3 is 4.74 Å². The van der Waals surface area contributed by atoms with Gasteiger partial charge in [-0.15, -0.1) is 0 Å². The van der Waals surface area contributed by atoms with Gasteiger partial charge in [0.2, 0.25) is 0 Å². The molecule has 7 atom stereocenters. The largest absolute Gasteiger partial charge is 0.375 e. The Labute approximate surface area is 163 Å². The highest BCUT2D eigenvalue weighted by atomic mass is 19.2. The zero-order valence-electron chi connectivity index (χ0n) is 17.2. The van der Waals surface area contributed by atoms with Gasteiger partial charge in [0, 0.05) is 12.5 Å². The first-order valence-corrected chi connectivity index (χ1v) is 11.6. The van der Waals surface area contributed by atoms with Gasteiger partial charge in [0.1, 0.15) is 18.5 Å². The van der Waals surface area contributed by atoms with E-state index in [0.717, 1.165) is 50.9 Å². The molecule has 158 valence electrons. The molecule has 0 aliphatic heterocycles.